The molecule has 0 saturated heterocycles. The molecule has 0 atom stereocenters. The first-order valence-corrected chi connectivity index (χ1v) is 5.69. The van der Waals surface area contributed by atoms with Gasteiger partial charge in [0.15, 0.2) is 0 Å². The SMILES string of the molecule is Fc1cc(Cl)c2nc(C3CC3)sc2c1. The molecule has 1 heterocycles. The highest BCUT2D eigenvalue weighted by Gasteiger charge is 2.27. The molecule has 1 aromatic heterocycles. The molecule has 0 amide bonds. The van der Waals surface area contributed by atoms with E-state index < -0.39 is 0 Å². The van der Waals surface area contributed by atoms with E-state index in [9.17, 15) is 4.39 Å². The number of benzene rings is 1. The van der Waals surface area contributed by atoms with E-state index in [0.29, 0.717) is 10.9 Å². The zero-order chi connectivity index (χ0) is 9.71. The summed E-state index contributed by atoms with van der Waals surface area (Å²) < 4.78 is 13.9. The summed E-state index contributed by atoms with van der Waals surface area (Å²) in [6.07, 6.45) is 2.42. The number of nitrogens with zero attached hydrogens (tertiary/aromatic N) is 1. The molecule has 72 valence electrons. The first kappa shape index (κ1) is 8.62. The minimum atomic E-state index is -0.284. The van der Waals surface area contributed by atoms with Crippen LogP contribution in [0.2, 0.25) is 5.02 Å². The van der Waals surface area contributed by atoms with E-state index in [0.717, 1.165) is 15.2 Å². The van der Waals surface area contributed by atoms with Crippen molar-refractivity contribution in [1.29, 1.82) is 0 Å². The molecule has 14 heavy (non-hydrogen) atoms. The highest BCUT2D eigenvalue weighted by atomic mass is 35.5. The van der Waals surface area contributed by atoms with Gasteiger partial charge in [-0.1, -0.05) is 11.6 Å². The molecule has 1 aliphatic carbocycles. The van der Waals surface area contributed by atoms with Crippen LogP contribution in [-0.4, -0.2) is 4.98 Å². The largest absolute Gasteiger partial charge is 0.239 e. The molecule has 1 saturated carbocycles. The molecule has 2 aromatic rings. The van der Waals surface area contributed by atoms with Gasteiger partial charge in [-0.15, -0.1) is 11.3 Å². The summed E-state index contributed by atoms with van der Waals surface area (Å²) in [5, 5.41) is 1.52. The van der Waals surface area contributed by atoms with Gasteiger partial charge in [-0.25, -0.2) is 9.37 Å². The summed E-state index contributed by atoms with van der Waals surface area (Å²) in [6.45, 7) is 0. The van der Waals surface area contributed by atoms with Gasteiger partial charge in [-0.2, -0.15) is 0 Å². The fourth-order valence-electron chi connectivity index (χ4n) is 1.48. The Bertz CT molecular complexity index is 504. The number of halogens is 2. The van der Waals surface area contributed by atoms with Gasteiger partial charge in [0.1, 0.15) is 11.3 Å². The zero-order valence-electron chi connectivity index (χ0n) is 7.26. The molecule has 0 radical (unpaired) electrons. The van der Waals surface area contributed by atoms with Gasteiger partial charge in [-0.3, -0.25) is 0 Å². The molecule has 1 aromatic carbocycles. The van der Waals surface area contributed by atoms with Gasteiger partial charge in [0.25, 0.3) is 0 Å². The maximum absolute atomic E-state index is 13.0. The molecule has 1 fully saturated rings. The minimum Gasteiger partial charge on any atom is -0.239 e. The van der Waals surface area contributed by atoms with E-state index in [-0.39, 0.29) is 5.82 Å². The molecule has 0 unspecified atom stereocenters. The second kappa shape index (κ2) is 2.91. The van der Waals surface area contributed by atoms with Crippen molar-refractivity contribution in [2.24, 2.45) is 0 Å². The quantitative estimate of drug-likeness (QED) is 0.719. The van der Waals surface area contributed by atoms with Crippen LogP contribution in [0.3, 0.4) is 0 Å². The van der Waals surface area contributed by atoms with Crippen molar-refractivity contribution in [1.82, 2.24) is 4.98 Å². The molecule has 0 bridgehead atoms. The average molecular weight is 228 g/mol. The average Bonchev–Trinajstić information content (AvgIpc) is 2.87. The highest BCUT2D eigenvalue weighted by Crippen LogP contribution is 2.44. The van der Waals surface area contributed by atoms with E-state index >= 15 is 0 Å². The molecular formula is C10H7ClFNS. The van der Waals surface area contributed by atoms with E-state index in [1.54, 1.807) is 11.3 Å². The normalized spacial score (nSPS) is 16.4. The Morgan fingerprint density at radius 2 is 2.21 bits per heavy atom. The van der Waals surface area contributed by atoms with Crippen LogP contribution in [0.1, 0.15) is 23.8 Å². The third kappa shape index (κ3) is 1.31. The first-order chi connectivity index (χ1) is 6.74. The third-order valence-corrected chi connectivity index (χ3v) is 3.81. The van der Waals surface area contributed by atoms with Crippen molar-refractivity contribution in [3.8, 4) is 0 Å². The minimum absolute atomic E-state index is 0.284. The van der Waals surface area contributed by atoms with Gasteiger partial charge in [-0.05, 0) is 25.0 Å². The maximum atomic E-state index is 13.0. The molecule has 1 aliphatic rings. The van der Waals surface area contributed by atoms with Gasteiger partial charge in [0, 0.05) is 5.92 Å². The lowest BCUT2D eigenvalue weighted by molar-refractivity contribution is 0.630. The summed E-state index contributed by atoms with van der Waals surface area (Å²) in [5.41, 5.74) is 0.750. The first-order valence-electron chi connectivity index (χ1n) is 4.49. The summed E-state index contributed by atoms with van der Waals surface area (Å²) >= 11 is 7.47. The molecule has 3 rings (SSSR count). The second-order valence-electron chi connectivity index (χ2n) is 3.56. The van der Waals surface area contributed by atoms with Crippen molar-refractivity contribution in [3.63, 3.8) is 0 Å². The Labute approximate surface area is 89.5 Å². The van der Waals surface area contributed by atoms with E-state index in [1.165, 1.54) is 25.0 Å². The Morgan fingerprint density at radius 1 is 1.43 bits per heavy atom. The summed E-state index contributed by atoms with van der Waals surface area (Å²) in [5.74, 6) is 0.319. The third-order valence-electron chi connectivity index (χ3n) is 2.36. The van der Waals surface area contributed by atoms with Crippen molar-refractivity contribution in [2.75, 3.05) is 0 Å². The van der Waals surface area contributed by atoms with Crippen LogP contribution in [0.5, 0.6) is 0 Å². The van der Waals surface area contributed by atoms with Crippen LogP contribution in [0.15, 0.2) is 12.1 Å². The topological polar surface area (TPSA) is 12.9 Å². The lowest BCUT2D eigenvalue weighted by atomic mass is 10.3. The molecule has 1 nitrogen and oxygen atoms in total. The Kier molecular flexibility index (Phi) is 1.79. The smallest absolute Gasteiger partial charge is 0.126 e. The van der Waals surface area contributed by atoms with Gasteiger partial charge < -0.3 is 0 Å². The predicted molar refractivity (Wildman–Crippen MR) is 56.6 cm³/mol. The van der Waals surface area contributed by atoms with Crippen LogP contribution in [0.25, 0.3) is 10.2 Å². The van der Waals surface area contributed by atoms with E-state index in [4.69, 9.17) is 11.6 Å². The zero-order valence-corrected chi connectivity index (χ0v) is 8.83. The number of rotatable bonds is 1. The molecule has 0 aliphatic heterocycles. The predicted octanol–water partition coefficient (Wildman–Crippen LogP) is 3.97. The standard InChI is InChI=1S/C10H7ClFNS/c11-7-3-6(12)4-8-9(7)13-10(14-8)5-1-2-5/h3-5H,1-2H2. The molecule has 4 heteroatoms. The summed E-state index contributed by atoms with van der Waals surface area (Å²) in [7, 11) is 0. The van der Waals surface area contributed by atoms with Crippen LogP contribution in [0, 0.1) is 5.82 Å². The number of aromatic nitrogens is 1. The van der Waals surface area contributed by atoms with E-state index in [2.05, 4.69) is 4.98 Å². The lowest BCUT2D eigenvalue weighted by Crippen LogP contribution is -1.77. The van der Waals surface area contributed by atoms with Crippen LogP contribution in [-0.2, 0) is 0 Å². The molecule has 0 spiro atoms. The van der Waals surface area contributed by atoms with Gasteiger partial charge >= 0.3 is 0 Å². The number of hydrogen-bond donors (Lipinski definition) is 0. The van der Waals surface area contributed by atoms with Crippen molar-refractivity contribution in [3.05, 3.63) is 28.0 Å². The molecular weight excluding hydrogens is 221 g/mol. The fraction of sp³-hybridized carbons (Fsp3) is 0.300. The van der Waals surface area contributed by atoms with E-state index in [1.807, 2.05) is 0 Å². The summed E-state index contributed by atoms with van der Waals surface area (Å²) in [6, 6.07) is 2.82. The van der Waals surface area contributed by atoms with Crippen molar-refractivity contribution < 1.29 is 4.39 Å². The Balaban J connectivity index is 2.26. The Morgan fingerprint density at radius 3 is 2.93 bits per heavy atom. The Hall–Kier alpha value is -0.670. The number of thiazole rings is 1. The number of hydrogen-bond acceptors (Lipinski definition) is 2. The number of fused-ring (bicyclic) bond motifs is 1. The second-order valence-corrected chi connectivity index (χ2v) is 5.03. The van der Waals surface area contributed by atoms with Crippen molar-refractivity contribution >= 4 is 33.2 Å². The molecule has 0 N–H and O–H groups in total. The van der Waals surface area contributed by atoms with Crippen LogP contribution >= 0.6 is 22.9 Å². The maximum Gasteiger partial charge on any atom is 0.126 e. The van der Waals surface area contributed by atoms with Gasteiger partial charge in [0.2, 0.25) is 0 Å². The lowest BCUT2D eigenvalue weighted by Gasteiger charge is -1.91. The summed E-state index contributed by atoms with van der Waals surface area (Å²) in [4.78, 5) is 4.44. The monoisotopic (exact) mass is 227 g/mol. The fourth-order valence-corrected chi connectivity index (χ4v) is 2.97. The van der Waals surface area contributed by atoms with Gasteiger partial charge in [0.05, 0.1) is 14.7 Å². The van der Waals surface area contributed by atoms with Crippen molar-refractivity contribution in [2.45, 2.75) is 18.8 Å². The van der Waals surface area contributed by atoms with Crippen LogP contribution in [0.4, 0.5) is 4.39 Å². The van der Waals surface area contributed by atoms with Crippen LogP contribution < -0.4 is 0 Å². The highest BCUT2D eigenvalue weighted by molar-refractivity contribution is 7.18.